The molecule has 1 aromatic carbocycles. The van der Waals surface area contributed by atoms with Crippen LogP contribution in [0.4, 0.5) is 0 Å². The van der Waals surface area contributed by atoms with Crippen LogP contribution in [0.15, 0.2) is 29.2 Å². The van der Waals surface area contributed by atoms with Gasteiger partial charge in [-0.15, -0.1) is 0 Å². The molecule has 1 aromatic rings. The van der Waals surface area contributed by atoms with Gasteiger partial charge in [0.15, 0.2) is 9.84 Å². The maximum atomic E-state index is 11.7. The van der Waals surface area contributed by atoms with E-state index in [-0.39, 0.29) is 16.2 Å². The topological polar surface area (TPSA) is 63.2 Å². The number of sulfone groups is 1. The largest absolute Gasteiger partial charge is 0.352 e. The Morgan fingerprint density at radius 3 is 2.11 bits per heavy atom. The zero-order chi connectivity index (χ0) is 14.7. The number of amides is 1. The van der Waals surface area contributed by atoms with Crippen molar-refractivity contribution in [3.8, 4) is 0 Å². The summed E-state index contributed by atoms with van der Waals surface area (Å²) in [6.07, 6.45) is 1.64. The number of hydrogen-bond donors (Lipinski definition) is 1. The van der Waals surface area contributed by atoms with Crippen LogP contribution < -0.4 is 5.32 Å². The van der Waals surface area contributed by atoms with Crippen molar-refractivity contribution in [3.05, 3.63) is 29.8 Å². The minimum Gasteiger partial charge on any atom is -0.352 e. The first kappa shape index (κ1) is 15.7. The van der Waals surface area contributed by atoms with Gasteiger partial charge in [0, 0.05) is 19.2 Å². The van der Waals surface area contributed by atoms with E-state index in [9.17, 15) is 13.2 Å². The molecule has 0 aliphatic heterocycles. The van der Waals surface area contributed by atoms with Gasteiger partial charge in [-0.25, -0.2) is 8.42 Å². The first-order chi connectivity index (χ1) is 8.58. The summed E-state index contributed by atoms with van der Waals surface area (Å²) in [5, 5.41) is 2.83. The molecule has 5 heteroatoms. The van der Waals surface area contributed by atoms with Gasteiger partial charge < -0.3 is 5.32 Å². The van der Waals surface area contributed by atoms with E-state index in [1.54, 1.807) is 24.3 Å². The van der Waals surface area contributed by atoms with Crippen molar-refractivity contribution in [1.29, 1.82) is 0 Å². The molecule has 1 amide bonds. The average molecular weight is 283 g/mol. The van der Waals surface area contributed by atoms with E-state index >= 15 is 0 Å². The molecule has 0 saturated heterocycles. The molecule has 0 radical (unpaired) electrons. The Morgan fingerprint density at radius 1 is 1.16 bits per heavy atom. The molecule has 0 heterocycles. The summed E-state index contributed by atoms with van der Waals surface area (Å²) in [5.41, 5.74) is 0.846. The molecule has 0 saturated carbocycles. The van der Waals surface area contributed by atoms with Crippen molar-refractivity contribution in [3.63, 3.8) is 0 Å². The molecule has 1 N–H and O–H groups in total. The first-order valence-corrected chi connectivity index (χ1v) is 8.03. The second-order valence-corrected chi connectivity index (χ2v) is 7.95. The maximum Gasteiger partial charge on any atom is 0.220 e. The molecule has 1 rings (SSSR count). The van der Waals surface area contributed by atoms with E-state index in [1.807, 2.05) is 20.8 Å². The van der Waals surface area contributed by atoms with Crippen molar-refractivity contribution < 1.29 is 13.2 Å². The highest BCUT2D eigenvalue weighted by Crippen LogP contribution is 2.18. The van der Waals surface area contributed by atoms with E-state index < -0.39 is 9.84 Å². The lowest BCUT2D eigenvalue weighted by Gasteiger charge is -2.17. The van der Waals surface area contributed by atoms with Crippen molar-refractivity contribution in [2.75, 3.05) is 6.26 Å². The van der Waals surface area contributed by atoms with E-state index in [1.165, 1.54) is 6.26 Å². The van der Waals surface area contributed by atoms with Crippen molar-refractivity contribution in [1.82, 2.24) is 5.32 Å². The molecule has 19 heavy (non-hydrogen) atoms. The Bertz CT molecular complexity index is 539. The lowest BCUT2D eigenvalue weighted by molar-refractivity contribution is -0.122. The molecule has 4 nitrogen and oxygen atoms in total. The number of carbonyl (C=O) groups excluding carboxylic acids is 1. The Morgan fingerprint density at radius 2 is 1.68 bits per heavy atom. The van der Waals surface area contributed by atoms with E-state index in [4.69, 9.17) is 0 Å². The molecule has 0 fully saturated rings. The molecule has 106 valence electrons. The fraction of sp³-hybridized carbons (Fsp3) is 0.500. The smallest absolute Gasteiger partial charge is 0.220 e. The molecule has 0 bridgehead atoms. The van der Waals surface area contributed by atoms with Gasteiger partial charge in [0.2, 0.25) is 5.91 Å². The Labute approximate surface area is 115 Å². The van der Waals surface area contributed by atoms with Crippen LogP contribution >= 0.6 is 0 Å². The van der Waals surface area contributed by atoms with Gasteiger partial charge in [-0.2, -0.15) is 0 Å². The van der Waals surface area contributed by atoms with Gasteiger partial charge in [-0.3, -0.25) is 4.79 Å². The molecular weight excluding hydrogens is 262 g/mol. The minimum atomic E-state index is -3.16. The van der Waals surface area contributed by atoms with Gasteiger partial charge >= 0.3 is 0 Å². The third-order valence-electron chi connectivity index (χ3n) is 2.53. The Hall–Kier alpha value is -1.36. The van der Waals surface area contributed by atoms with Crippen LogP contribution in [-0.4, -0.2) is 20.6 Å². The molecule has 0 atom stereocenters. The molecule has 0 aliphatic carbocycles. The molecule has 0 unspecified atom stereocenters. The second-order valence-electron chi connectivity index (χ2n) is 5.93. The van der Waals surface area contributed by atoms with Crippen LogP contribution in [0.5, 0.6) is 0 Å². The van der Waals surface area contributed by atoms with Crippen LogP contribution in [-0.2, 0) is 21.2 Å². The van der Waals surface area contributed by atoms with Crippen molar-refractivity contribution >= 4 is 15.7 Å². The lowest BCUT2D eigenvalue weighted by Crippen LogP contribution is -2.27. The fourth-order valence-corrected chi connectivity index (χ4v) is 2.23. The highest BCUT2D eigenvalue weighted by molar-refractivity contribution is 7.90. The van der Waals surface area contributed by atoms with Crippen LogP contribution in [0.3, 0.4) is 0 Å². The quantitative estimate of drug-likeness (QED) is 0.921. The second kappa shape index (κ2) is 5.74. The summed E-state index contributed by atoms with van der Waals surface area (Å²) < 4.78 is 22.6. The van der Waals surface area contributed by atoms with Gasteiger partial charge in [0.25, 0.3) is 0 Å². The number of rotatable bonds is 4. The van der Waals surface area contributed by atoms with Crippen molar-refractivity contribution in [2.24, 2.45) is 5.41 Å². The van der Waals surface area contributed by atoms with E-state index in [0.29, 0.717) is 13.0 Å². The molecule has 0 aliphatic rings. The standard InChI is InChI=1S/C14H21NO3S/c1-14(2,3)9-13(16)15-10-11-5-7-12(8-6-11)19(4,17)18/h5-8H,9-10H2,1-4H3,(H,15,16). The number of nitrogens with one attached hydrogen (secondary N) is 1. The maximum absolute atomic E-state index is 11.7. The zero-order valence-corrected chi connectivity index (χ0v) is 12.7. The normalized spacial score (nSPS) is 12.2. The predicted octanol–water partition coefficient (Wildman–Crippen LogP) is 2.14. The summed E-state index contributed by atoms with van der Waals surface area (Å²) in [6, 6.07) is 6.54. The van der Waals surface area contributed by atoms with Gasteiger partial charge in [-0.1, -0.05) is 32.9 Å². The third-order valence-corrected chi connectivity index (χ3v) is 3.66. The Kier molecular flexibility index (Phi) is 4.74. The Balaban J connectivity index is 2.58. The van der Waals surface area contributed by atoms with E-state index in [2.05, 4.69) is 5.32 Å². The SMILES string of the molecule is CC(C)(C)CC(=O)NCc1ccc(S(C)(=O)=O)cc1. The lowest BCUT2D eigenvalue weighted by atomic mass is 9.92. The van der Waals surface area contributed by atoms with E-state index in [0.717, 1.165) is 5.56 Å². The van der Waals surface area contributed by atoms with Crippen LogP contribution in [0.1, 0.15) is 32.8 Å². The predicted molar refractivity (Wildman–Crippen MR) is 75.5 cm³/mol. The highest BCUT2D eigenvalue weighted by atomic mass is 32.2. The van der Waals surface area contributed by atoms with Gasteiger partial charge in [-0.05, 0) is 23.1 Å². The molecular formula is C14H21NO3S. The summed E-state index contributed by atoms with van der Waals surface area (Å²) in [7, 11) is -3.16. The summed E-state index contributed by atoms with van der Waals surface area (Å²) in [5.74, 6) is -0.000287. The van der Waals surface area contributed by atoms with Crippen molar-refractivity contribution in [2.45, 2.75) is 38.6 Å². The fourth-order valence-electron chi connectivity index (χ4n) is 1.60. The molecule has 0 aromatic heterocycles. The average Bonchev–Trinajstić information content (AvgIpc) is 2.23. The minimum absolute atomic E-state index is 0.000287. The monoisotopic (exact) mass is 283 g/mol. The summed E-state index contributed by atoms with van der Waals surface area (Å²) in [4.78, 5) is 11.9. The van der Waals surface area contributed by atoms with Crippen LogP contribution in [0, 0.1) is 5.41 Å². The third kappa shape index (κ3) is 5.87. The van der Waals surface area contributed by atoms with Gasteiger partial charge in [0.05, 0.1) is 4.90 Å². The van der Waals surface area contributed by atoms with Gasteiger partial charge in [0.1, 0.15) is 0 Å². The molecule has 0 spiro atoms. The summed E-state index contributed by atoms with van der Waals surface area (Å²) >= 11 is 0. The number of carbonyl (C=O) groups is 1. The number of hydrogen-bond acceptors (Lipinski definition) is 3. The zero-order valence-electron chi connectivity index (χ0n) is 11.9. The first-order valence-electron chi connectivity index (χ1n) is 6.14. The highest BCUT2D eigenvalue weighted by Gasteiger charge is 2.15. The summed E-state index contributed by atoms with van der Waals surface area (Å²) in [6.45, 7) is 6.44. The van der Waals surface area contributed by atoms with Crippen LogP contribution in [0.2, 0.25) is 0 Å². The number of benzene rings is 1. The van der Waals surface area contributed by atoms with Crippen LogP contribution in [0.25, 0.3) is 0 Å².